The first-order valence-corrected chi connectivity index (χ1v) is 11.6. The van der Waals surface area contributed by atoms with Crippen molar-refractivity contribution in [2.45, 2.75) is 0 Å². The van der Waals surface area contributed by atoms with Crippen LogP contribution in [0, 0.1) is 0 Å². The Balaban J connectivity index is 1.95. The summed E-state index contributed by atoms with van der Waals surface area (Å²) in [6, 6.07) is 35.2. The van der Waals surface area contributed by atoms with Gasteiger partial charge in [0, 0.05) is 0 Å². The van der Waals surface area contributed by atoms with Crippen molar-refractivity contribution in [1.29, 1.82) is 0 Å². The van der Waals surface area contributed by atoms with E-state index in [1.165, 1.54) is 15.9 Å². The third-order valence-electron chi connectivity index (χ3n) is 5.23. The SMILES string of the molecule is O=C(C[PH](c1ccccc1)(c1ccccc1)c1ccccc1)c1ccncc1. The molecule has 0 bridgehead atoms. The van der Waals surface area contributed by atoms with Crippen LogP contribution in [0.15, 0.2) is 116 Å². The molecule has 0 saturated heterocycles. The molecule has 1 heterocycles. The van der Waals surface area contributed by atoms with Crippen LogP contribution in [-0.2, 0) is 0 Å². The summed E-state index contributed by atoms with van der Waals surface area (Å²) in [5, 5.41) is 3.74. The van der Waals surface area contributed by atoms with Crippen LogP contribution in [0.4, 0.5) is 0 Å². The van der Waals surface area contributed by atoms with Crippen molar-refractivity contribution in [1.82, 2.24) is 4.98 Å². The van der Waals surface area contributed by atoms with Gasteiger partial charge < -0.3 is 0 Å². The second kappa shape index (κ2) is 8.29. The quantitative estimate of drug-likeness (QED) is 0.372. The van der Waals surface area contributed by atoms with Gasteiger partial charge in [-0.1, -0.05) is 0 Å². The van der Waals surface area contributed by atoms with Crippen LogP contribution in [0.25, 0.3) is 0 Å². The Kier molecular flexibility index (Phi) is 5.41. The molecule has 0 aliphatic heterocycles. The molecule has 0 atom stereocenters. The fraction of sp³-hybridized carbons (Fsp3) is 0.0400. The average Bonchev–Trinajstić information content (AvgIpc) is 2.80. The van der Waals surface area contributed by atoms with Crippen molar-refractivity contribution in [2.75, 3.05) is 6.16 Å². The summed E-state index contributed by atoms with van der Waals surface area (Å²) in [6.45, 7) is 0. The molecule has 3 aromatic carbocycles. The second-order valence-corrected chi connectivity index (χ2v) is 10.7. The van der Waals surface area contributed by atoms with Crippen molar-refractivity contribution < 1.29 is 4.79 Å². The van der Waals surface area contributed by atoms with Crippen molar-refractivity contribution in [3.8, 4) is 0 Å². The number of carbonyl (C=O) groups excluding carboxylic acids is 1. The zero-order chi connectivity index (χ0) is 19.2. The summed E-state index contributed by atoms with van der Waals surface area (Å²) in [6.07, 6.45) is 3.85. The van der Waals surface area contributed by atoms with E-state index in [9.17, 15) is 4.79 Å². The van der Waals surface area contributed by atoms with Crippen LogP contribution in [0.1, 0.15) is 10.4 Å². The molecule has 138 valence electrons. The minimum absolute atomic E-state index is 0.158. The number of hydrogen-bond donors (Lipinski definition) is 0. The summed E-state index contributed by atoms with van der Waals surface area (Å²) >= 11 is 0. The summed E-state index contributed by atoms with van der Waals surface area (Å²) < 4.78 is 0. The third kappa shape index (κ3) is 3.52. The Morgan fingerprint density at radius 1 is 0.607 bits per heavy atom. The second-order valence-electron chi connectivity index (χ2n) is 6.84. The first-order valence-electron chi connectivity index (χ1n) is 9.40. The standard InChI is InChI=1S/C25H22NOP/c27-25(21-16-18-26-19-17-21)20-28(22-10-4-1-5-11-22,23-12-6-2-7-13-23)24-14-8-3-9-15-24/h1-19,28H,20H2. The van der Waals surface area contributed by atoms with Crippen molar-refractivity contribution in [3.63, 3.8) is 0 Å². The molecule has 4 aromatic rings. The summed E-state index contributed by atoms with van der Waals surface area (Å²) in [4.78, 5) is 17.4. The number of hydrogen-bond acceptors (Lipinski definition) is 2. The average molecular weight is 383 g/mol. The topological polar surface area (TPSA) is 30.0 Å². The van der Waals surface area contributed by atoms with E-state index < -0.39 is 7.26 Å². The predicted molar refractivity (Wildman–Crippen MR) is 120 cm³/mol. The fourth-order valence-electron chi connectivity index (χ4n) is 3.85. The molecule has 0 unspecified atom stereocenters. The van der Waals surface area contributed by atoms with Gasteiger partial charge in [-0.15, -0.1) is 0 Å². The Morgan fingerprint density at radius 3 is 1.39 bits per heavy atom. The number of carbonyl (C=O) groups is 1. The van der Waals surface area contributed by atoms with Gasteiger partial charge in [0.15, 0.2) is 0 Å². The molecule has 3 heteroatoms. The van der Waals surface area contributed by atoms with Crippen LogP contribution in [0.5, 0.6) is 0 Å². The summed E-state index contributed by atoms with van der Waals surface area (Å²) in [5.41, 5.74) is 0.717. The first-order chi connectivity index (χ1) is 13.8. The van der Waals surface area contributed by atoms with Gasteiger partial charge in [0.05, 0.1) is 0 Å². The van der Waals surface area contributed by atoms with Crippen LogP contribution >= 0.6 is 7.26 Å². The molecule has 2 nitrogen and oxygen atoms in total. The Hall–Kier alpha value is -3.09. The van der Waals surface area contributed by atoms with Gasteiger partial charge >= 0.3 is 166 Å². The van der Waals surface area contributed by atoms with E-state index in [-0.39, 0.29) is 5.78 Å². The molecular weight excluding hydrogens is 361 g/mol. The van der Waals surface area contributed by atoms with E-state index in [1.807, 2.05) is 30.3 Å². The number of aromatic nitrogens is 1. The Bertz CT molecular complexity index is 938. The molecule has 1 aromatic heterocycles. The molecule has 0 aliphatic carbocycles. The zero-order valence-electron chi connectivity index (χ0n) is 15.5. The molecular formula is C25H22NOP. The van der Waals surface area contributed by atoms with Crippen LogP contribution < -0.4 is 15.9 Å². The minimum atomic E-state index is -2.54. The van der Waals surface area contributed by atoms with E-state index in [0.29, 0.717) is 6.16 Å². The molecule has 0 radical (unpaired) electrons. The van der Waals surface area contributed by atoms with Gasteiger partial charge in [0.1, 0.15) is 0 Å². The van der Waals surface area contributed by atoms with Crippen molar-refractivity contribution in [3.05, 3.63) is 121 Å². The molecule has 0 aliphatic rings. The molecule has 0 amide bonds. The summed E-state index contributed by atoms with van der Waals surface area (Å²) in [5.74, 6) is 0.158. The van der Waals surface area contributed by atoms with E-state index in [4.69, 9.17) is 0 Å². The molecule has 0 N–H and O–H groups in total. The molecule has 0 fully saturated rings. The van der Waals surface area contributed by atoms with Gasteiger partial charge in [0.2, 0.25) is 0 Å². The number of pyridine rings is 1. The van der Waals surface area contributed by atoms with Crippen LogP contribution in [0.2, 0.25) is 0 Å². The Labute approximate surface area is 166 Å². The van der Waals surface area contributed by atoms with Gasteiger partial charge in [-0.3, -0.25) is 0 Å². The number of nitrogens with zero attached hydrogens (tertiary/aromatic N) is 1. The first kappa shape index (κ1) is 18.3. The van der Waals surface area contributed by atoms with Gasteiger partial charge in [-0.05, 0) is 0 Å². The van der Waals surface area contributed by atoms with E-state index in [0.717, 1.165) is 5.56 Å². The predicted octanol–water partition coefficient (Wildman–Crippen LogP) is 3.99. The van der Waals surface area contributed by atoms with E-state index in [2.05, 4.69) is 77.8 Å². The monoisotopic (exact) mass is 383 g/mol. The van der Waals surface area contributed by atoms with E-state index >= 15 is 0 Å². The van der Waals surface area contributed by atoms with Gasteiger partial charge in [0.25, 0.3) is 0 Å². The normalized spacial score (nSPS) is 11.7. The van der Waals surface area contributed by atoms with Crippen molar-refractivity contribution >= 4 is 29.0 Å². The Morgan fingerprint density at radius 2 is 1.00 bits per heavy atom. The molecule has 0 spiro atoms. The van der Waals surface area contributed by atoms with Gasteiger partial charge in [-0.25, -0.2) is 0 Å². The van der Waals surface area contributed by atoms with Crippen molar-refractivity contribution in [2.24, 2.45) is 0 Å². The molecule has 4 rings (SSSR count). The maximum atomic E-state index is 13.4. The number of benzene rings is 3. The number of rotatable bonds is 6. The number of Topliss-reactive ketones (excluding diaryl/α,β-unsaturated/α-hetero) is 1. The maximum absolute atomic E-state index is 13.4. The zero-order valence-corrected chi connectivity index (χ0v) is 16.5. The molecule has 0 saturated carbocycles. The number of ketones is 1. The summed E-state index contributed by atoms with van der Waals surface area (Å²) in [7, 11) is -2.54. The van der Waals surface area contributed by atoms with E-state index in [1.54, 1.807) is 12.4 Å². The van der Waals surface area contributed by atoms with Gasteiger partial charge in [-0.2, -0.15) is 0 Å². The van der Waals surface area contributed by atoms with Crippen LogP contribution in [-0.4, -0.2) is 16.9 Å². The third-order valence-corrected chi connectivity index (χ3v) is 10.0. The van der Waals surface area contributed by atoms with Crippen LogP contribution in [0.3, 0.4) is 0 Å². The fourth-order valence-corrected chi connectivity index (χ4v) is 8.44. The molecule has 28 heavy (non-hydrogen) atoms.